The number of aromatic nitrogens is 3. The highest BCUT2D eigenvalue weighted by molar-refractivity contribution is 7.12. The third kappa shape index (κ3) is 3.42. The zero-order chi connectivity index (χ0) is 17.9. The summed E-state index contributed by atoms with van der Waals surface area (Å²) in [6, 6.07) is 7.87. The number of pyridine rings is 1. The van der Waals surface area contributed by atoms with E-state index in [0.29, 0.717) is 13.1 Å². The molecular weight excluding hydrogens is 344 g/mol. The quantitative estimate of drug-likeness (QED) is 0.750. The summed E-state index contributed by atoms with van der Waals surface area (Å²) in [6.45, 7) is 3.26. The Morgan fingerprint density at radius 1 is 1.31 bits per heavy atom. The van der Waals surface area contributed by atoms with Crippen LogP contribution >= 0.6 is 11.3 Å². The van der Waals surface area contributed by atoms with Crippen LogP contribution in [0.15, 0.2) is 35.8 Å². The van der Waals surface area contributed by atoms with Crippen LogP contribution < -0.4 is 5.32 Å². The molecule has 0 radical (unpaired) electrons. The van der Waals surface area contributed by atoms with Crippen molar-refractivity contribution in [3.63, 3.8) is 0 Å². The van der Waals surface area contributed by atoms with E-state index < -0.39 is 0 Å². The molecule has 3 aromatic rings. The van der Waals surface area contributed by atoms with Gasteiger partial charge in [0.1, 0.15) is 5.69 Å². The second-order valence-corrected chi connectivity index (χ2v) is 7.57. The fraction of sp³-hybridized carbons (Fsp3) is 0.350. The molecule has 4 rings (SSSR count). The summed E-state index contributed by atoms with van der Waals surface area (Å²) in [5, 5.41) is 9.85. The summed E-state index contributed by atoms with van der Waals surface area (Å²) in [5.74, 6) is -0.00549. The van der Waals surface area contributed by atoms with Crippen LogP contribution in [0.5, 0.6) is 0 Å². The van der Waals surface area contributed by atoms with E-state index in [1.807, 2.05) is 42.8 Å². The minimum Gasteiger partial charge on any atom is -0.349 e. The van der Waals surface area contributed by atoms with Crippen LogP contribution in [-0.2, 0) is 19.4 Å². The van der Waals surface area contributed by atoms with Crippen LogP contribution in [0, 0.1) is 6.92 Å². The van der Waals surface area contributed by atoms with Gasteiger partial charge >= 0.3 is 0 Å². The molecule has 1 amide bonds. The van der Waals surface area contributed by atoms with Crippen molar-refractivity contribution < 1.29 is 4.79 Å². The van der Waals surface area contributed by atoms with E-state index in [-0.39, 0.29) is 5.91 Å². The van der Waals surface area contributed by atoms with Gasteiger partial charge in [0, 0.05) is 24.0 Å². The van der Waals surface area contributed by atoms with Gasteiger partial charge in [0.05, 0.1) is 17.1 Å². The van der Waals surface area contributed by atoms with Crippen molar-refractivity contribution in [1.29, 1.82) is 0 Å². The van der Waals surface area contributed by atoms with E-state index in [4.69, 9.17) is 5.10 Å². The van der Waals surface area contributed by atoms with Crippen LogP contribution in [0.25, 0.3) is 11.4 Å². The van der Waals surface area contributed by atoms with Crippen molar-refractivity contribution in [2.75, 3.05) is 6.54 Å². The smallest absolute Gasteiger partial charge is 0.261 e. The van der Waals surface area contributed by atoms with E-state index in [0.717, 1.165) is 34.7 Å². The maximum Gasteiger partial charge on any atom is 0.261 e. The number of carbonyl (C=O) groups is 1. The molecule has 6 heteroatoms. The first-order valence-electron chi connectivity index (χ1n) is 9.05. The van der Waals surface area contributed by atoms with E-state index in [9.17, 15) is 4.79 Å². The highest BCUT2D eigenvalue weighted by atomic mass is 32.1. The Kier molecular flexibility index (Phi) is 4.84. The van der Waals surface area contributed by atoms with Gasteiger partial charge in [-0.05, 0) is 61.7 Å². The largest absolute Gasteiger partial charge is 0.349 e. The molecule has 0 aliphatic heterocycles. The summed E-state index contributed by atoms with van der Waals surface area (Å²) >= 11 is 1.49. The van der Waals surface area contributed by atoms with Crippen molar-refractivity contribution in [3.05, 3.63) is 57.5 Å². The molecule has 0 aromatic carbocycles. The van der Waals surface area contributed by atoms with Gasteiger partial charge in [0.15, 0.2) is 0 Å². The summed E-state index contributed by atoms with van der Waals surface area (Å²) < 4.78 is 2.07. The number of fused-ring (bicyclic) bond motifs is 1. The van der Waals surface area contributed by atoms with Crippen molar-refractivity contribution in [2.45, 2.75) is 39.2 Å². The molecule has 0 bridgehead atoms. The van der Waals surface area contributed by atoms with Gasteiger partial charge in [-0.15, -0.1) is 11.3 Å². The highest BCUT2D eigenvalue weighted by Gasteiger charge is 2.22. The minimum atomic E-state index is -0.00549. The predicted octanol–water partition coefficient (Wildman–Crippen LogP) is 3.62. The third-order valence-corrected chi connectivity index (χ3v) is 5.77. The van der Waals surface area contributed by atoms with E-state index in [1.165, 1.54) is 35.4 Å². The molecule has 1 N–H and O–H groups in total. The fourth-order valence-corrected chi connectivity index (χ4v) is 4.29. The molecule has 3 heterocycles. The number of nitrogens with one attached hydrogen (secondary N) is 1. The number of aryl methyl sites for hydroxylation is 1. The summed E-state index contributed by atoms with van der Waals surface area (Å²) in [7, 11) is 0. The lowest BCUT2D eigenvalue weighted by atomic mass is 9.95. The number of amides is 1. The Hall–Kier alpha value is -2.47. The molecule has 0 unspecified atom stereocenters. The number of thiophene rings is 1. The normalized spacial score (nSPS) is 13.4. The molecule has 0 saturated carbocycles. The Labute approximate surface area is 157 Å². The maximum atomic E-state index is 12.2. The van der Waals surface area contributed by atoms with Crippen LogP contribution in [0.4, 0.5) is 0 Å². The van der Waals surface area contributed by atoms with Crippen molar-refractivity contribution in [1.82, 2.24) is 20.1 Å². The van der Waals surface area contributed by atoms with Gasteiger partial charge in [0.2, 0.25) is 0 Å². The number of hydrogen-bond donors (Lipinski definition) is 1. The maximum absolute atomic E-state index is 12.2. The molecule has 26 heavy (non-hydrogen) atoms. The number of hydrogen-bond acceptors (Lipinski definition) is 4. The highest BCUT2D eigenvalue weighted by Crippen LogP contribution is 2.30. The third-order valence-electron chi connectivity index (χ3n) is 4.73. The van der Waals surface area contributed by atoms with E-state index in [1.54, 1.807) is 0 Å². The van der Waals surface area contributed by atoms with Crippen LogP contribution in [0.2, 0.25) is 0 Å². The van der Waals surface area contributed by atoms with Crippen LogP contribution in [0.3, 0.4) is 0 Å². The second kappa shape index (κ2) is 7.41. The molecule has 0 saturated heterocycles. The summed E-state index contributed by atoms with van der Waals surface area (Å²) in [4.78, 5) is 17.5. The van der Waals surface area contributed by atoms with Crippen molar-refractivity contribution in [3.8, 4) is 11.4 Å². The SMILES string of the molecule is Cc1csc(C(=O)NCCn2nc(-c3ccccn3)c3c2CCCC3)c1. The molecule has 1 aliphatic carbocycles. The number of rotatable bonds is 5. The Balaban J connectivity index is 1.50. The predicted molar refractivity (Wildman–Crippen MR) is 103 cm³/mol. The van der Waals surface area contributed by atoms with Gasteiger partial charge in [-0.1, -0.05) is 6.07 Å². The standard InChI is InChI=1S/C20H22N4OS/c1-14-12-18(26-13-14)20(25)22-10-11-24-17-8-3-2-6-15(17)19(23-24)16-7-4-5-9-21-16/h4-5,7,9,12-13H,2-3,6,8,10-11H2,1H3,(H,22,25). The first-order chi connectivity index (χ1) is 12.7. The van der Waals surface area contributed by atoms with Gasteiger partial charge < -0.3 is 5.32 Å². The number of nitrogens with zero attached hydrogens (tertiary/aromatic N) is 3. The Morgan fingerprint density at radius 2 is 2.19 bits per heavy atom. The Bertz CT molecular complexity index is 913. The lowest BCUT2D eigenvalue weighted by molar-refractivity contribution is 0.0956. The number of carbonyl (C=O) groups excluding carboxylic acids is 1. The topological polar surface area (TPSA) is 59.8 Å². The minimum absolute atomic E-state index is 0.00549. The molecule has 0 atom stereocenters. The van der Waals surface area contributed by atoms with Gasteiger partial charge in [-0.2, -0.15) is 5.10 Å². The first kappa shape index (κ1) is 17.0. The monoisotopic (exact) mass is 366 g/mol. The van der Waals surface area contributed by atoms with Crippen LogP contribution in [-0.4, -0.2) is 27.2 Å². The molecule has 134 valence electrons. The van der Waals surface area contributed by atoms with Crippen molar-refractivity contribution >= 4 is 17.2 Å². The van der Waals surface area contributed by atoms with E-state index >= 15 is 0 Å². The summed E-state index contributed by atoms with van der Waals surface area (Å²) in [5.41, 5.74) is 5.69. The lowest BCUT2D eigenvalue weighted by Gasteiger charge is -2.14. The summed E-state index contributed by atoms with van der Waals surface area (Å²) in [6.07, 6.45) is 6.32. The fourth-order valence-electron chi connectivity index (χ4n) is 3.48. The van der Waals surface area contributed by atoms with Gasteiger partial charge in [-0.25, -0.2) is 0 Å². The Morgan fingerprint density at radius 3 is 2.96 bits per heavy atom. The van der Waals surface area contributed by atoms with Gasteiger partial charge in [0.25, 0.3) is 5.91 Å². The second-order valence-electron chi connectivity index (χ2n) is 6.66. The molecule has 5 nitrogen and oxygen atoms in total. The van der Waals surface area contributed by atoms with Crippen molar-refractivity contribution in [2.24, 2.45) is 0 Å². The molecule has 1 aliphatic rings. The molecule has 0 spiro atoms. The molecule has 3 aromatic heterocycles. The lowest BCUT2D eigenvalue weighted by Crippen LogP contribution is -2.27. The average Bonchev–Trinajstić information content (AvgIpc) is 3.27. The average molecular weight is 366 g/mol. The molecule has 0 fully saturated rings. The van der Waals surface area contributed by atoms with Crippen LogP contribution in [0.1, 0.15) is 39.3 Å². The molecular formula is C20H22N4OS. The first-order valence-corrected chi connectivity index (χ1v) is 9.93. The zero-order valence-corrected chi connectivity index (χ0v) is 15.7. The zero-order valence-electron chi connectivity index (χ0n) is 14.9. The van der Waals surface area contributed by atoms with Gasteiger partial charge in [-0.3, -0.25) is 14.5 Å². The van der Waals surface area contributed by atoms with E-state index in [2.05, 4.69) is 15.0 Å².